The van der Waals surface area contributed by atoms with Gasteiger partial charge in [-0.15, -0.1) is 23.4 Å². The summed E-state index contributed by atoms with van der Waals surface area (Å²) in [6.07, 6.45) is 4.47. The van der Waals surface area contributed by atoms with E-state index >= 15 is 0 Å². The van der Waals surface area contributed by atoms with Crippen LogP contribution in [0.1, 0.15) is 5.89 Å². The minimum atomic E-state index is 0.533. The van der Waals surface area contributed by atoms with E-state index in [1.165, 1.54) is 4.90 Å². The van der Waals surface area contributed by atoms with Gasteiger partial charge in [0.1, 0.15) is 0 Å². The van der Waals surface area contributed by atoms with Crippen LogP contribution in [0.15, 0.2) is 39.8 Å². The predicted molar refractivity (Wildman–Crippen MR) is 68.1 cm³/mol. The lowest BCUT2D eigenvalue weighted by atomic mass is 10.2. The van der Waals surface area contributed by atoms with E-state index in [0.29, 0.717) is 18.2 Å². The number of hydrogen-bond donors (Lipinski definition) is 0. The molecule has 0 N–H and O–H groups in total. The van der Waals surface area contributed by atoms with Crippen molar-refractivity contribution in [1.29, 1.82) is 0 Å². The van der Waals surface area contributed by atoms with Crippen molar-refractivity contribution < 1.29 is 4.42 Å². The molecule has 0 atom stereocenters. The van der Waals surface area contributed by atoms with Crippen LogP contribution in [0, 0.1) is 0 Å². The van der Waals surface area contributed by atoms with Gasteiger partial charge >= 0.3 is 0 Å². The van der Waals surface area contributed by atoms with Crippen LogP contribution >= 0.6 is 23.4 Å². The lowest BCUT2D eigenvalue weighted by Crippen LogP contribution is -1.83. The molecule has 2 nitrogen and oxygen atoms in total. The van der Waals surface area contributed by atoms with Crippen molar-refractivity contribution in [2.45, 2.75) is 11.3 Å². The van der Waals surface area contributed by atoms with Crippen LogP contribution < -0.4 is 0 Å². The Kier molecular flexibility index (Phi) is 3.91. The zero-order chi connectivity index (χ0) is 11.4. The summed E-state index contributed by atoms with van der Waals surface area (Å²) in [5.74, 6) is 2.03. The van der Waals surface area contributed by atoms with Crippen molar-refractivity contribution in [2.24, 2.45) is 0 Å². The van der Waals surface area contributed by atoms with Crippen molar-refractivity contribution in [1.82, 2.24) is 4.98 Å². The van der Waals surface area contributed by atoms with Gasteiger partial charge in [0.25, 0.3) is 0 Å². The smallest absolute Gasteiger partial charge is 0.196 e. The molecule has 0 radical (unpaired) electrons. The number of thioether (sulfide) groups is 1. The number of rotatable bonds is 4. The van der Waals surface area contributed by atoms with Crippen molar-refractivity contribution >= 4 is 23.4 Å². The average Bonchev–Trinajstić information content (AvgIpc) is 2.78. The first-order valence-corrected chi connectivity index (χ1v) is 6.74. The Bertz CT molecular complexity index is 452. The van der Waals surface area contributed by atoms with Crippen LogP contribution in [-0.4, -0.2) is 17.1 Å². The van der Waals surface area contributed by atoms with Gasteiger partial charge in [-0.25, -0.2) is 4.98 Å². The Morgan fingerprint density at radius 3 is 2.69 bits per heavy atom. The fourth-order valence-corrected chi connectivity index (χ4v) is 1.97. The third-order valence-corrected chi connectivity index (χ3v) is 3.17. The minimum Gasteiger partial charge on any atom is -0.441 e. The summed E-state index contributed by atoms with van der Waals surface area (Å²) in [4.78, 5) is 5.41. The lowest BCUT2D eigenvalue weighted by Gasteiger charge is -1.98. The third-order valence-electron chi connectivity index (χ3n) is 2.24. The molecule has 0 aliphatic rings. The van der Waals surface area contributed by atoms with Crippen LogP contribution in [0.2, 0.25) is 0 Å². The molecule has 0 spiro atoms. The van der Waals surface area contributed by atoms with E-state index in [0.717, 1.165) is 11.3 Å². The summed E-state index contributed by atoms with van der Waals surface area (Å²) >= 11 is 7.35. The molecule has 1 heterocycles. The highest BCUT2D eigenvalue weighted by molar-refractivity contribution is 7.98. The molecule has 4 heteroatoms. The van der Waals surface area contributed by atoms with Gasteiger partial charge in [-0.05, 0) is 18.4 Å². The van der Waals surface area contributed by atoms with Gasteiger partial charge in [-0.1, -0.05) is 12.1 Å². The highest BCUT2D eigenvalue weighted by atomic mass is 35.5. The highest BCUT2D eigenvalue weighted by Crippen LogP contribution is 2.23. The maximum Gasteiger partial charge on any atom is 0.196 e. The molecule has 0 unspecified atom stereocenters. The van der Waals surface area contributed by atoms with E-state index in [1.54, 1.807) is 18.0 Å². The average molecular weight is 254 g/mol. The van der Waals surface area contributed by atoms with Crippen molar-refractivity contribution in [2.75, 3.05) is 12.1 Å². The van der Waals surface area contributed by atoms with E-state index < -0.39 is 0 Å². The normalized spacial score (nSPS) is 10.6. The van der Waals surface area contributed by atoms with Crippen LogP contribution in [0.5, 0.6) is 0 Å². The standard InChI is InChI=1S/C12H12ClNOS/c1-16-10-4-2-9(3-5-10)11-8-14-12(15-11)6-7-13/h2-5,8H,6-7H2,1H3. The number of benzene rings is 1. The van der Waals surface area contributed by atoms with Crippen molar-refractivity contribution in [3.63, 3.8) is 0 Å². The molecule has 0 amide bonds. The fraction of sp³-hybridized carbons (Fsp3) is 0.250. The number of hydrogen-bond acceptors (Lipinski definition) is 3. The molecule has 2 aromatic rings. The molecule has 1 aromatic carbocycles. The SMILES string of the molecule is CSc1ccc(-c2cnc(CCCl)o2)cc1. The summed E-state index contributed by atoms with van der Waals surface area (Å²) < 4.78 is 5.58. The monoisotopic (exact) mass is 253 g/mol. The second kappa shape index (κ2) is 5.41. The number of oxazole rings is 1. The number of halogens is 1. The third kappa shape index (κ3) is 2.60. The first kappa shape index (κ1) is 11.6. The van der Waals surface area contributed by atoms with Gasteiger partial charge < -0.3 is 4.42 Å². The van der Waals surface area contributed by atoms with Crippen LogP contribution in [0.25, 0.3) is 11.3 Å². The molecule has 0 saturated heterocycles. The summed E-state index contributed by atoms with van der Waals surface area (Å²) in [6.45, 7) is 0. The van der Waals surface area contributed by atoms with Gasteiger partial charge in [0, 0.05) is 22.8 Å². The van der Waals surface area contributed by atoms with E-state index in [1.807, 2.05) is 12.1 Å². The zero-order valence-corrected chi connectivity index (χ0v) is 10.5. The minimum absolute atomic E-state index is 0.533. The summed E-state index contributed by atoms with van der Waals surface area (Å²) in [7, 11) is 0. The van der Waals surface area contributed by atoms with E-state index in [9.17, 15) is 0 Å². The molecule has 1 aromatic heterocycles. The Morgan fingerprint density at radius 2 is 2.06 bits per heavy atom. The molecular formula is C12H12ClNOS. The predicted octanol–water partition coefficient (Wildman–Crippen LogP) is 3.84. The molecule has 2 rings (SSSR count). The Balaban J connectivity index is 2.21. The van der Waals surface area contributed by atoms with E-state index in [2.05, 4.69) is 23.4 Å². The second-order valence-electron chi connectivity index (χ2n) is 3.29. The van der Waals surface area contributed by atoms with E-state index in [4.69, 9.17) is 16.0 Å². The van der Waals surface area contributed by atoms with E-state index in [-0.39, 0.29) is 0 Å². The molecular weight excluding hydrogens is 242 g/mol. The van der Waals surface area contributed by atoms with Gasteiger partial charge in [0.05, 0.1) is 6.20 Å². The van der Waals surface area contributed by atoms with Gasteiger partial charge in [0.2, 0.25) is 0 Å². The Labute approximate surface area is 104 Å². The number of nitrogens with zero attached hydrogens (tertiary/aromatic N) is 1. The lowest BCUT2D eigenvalue weighted by molar-refractivity contribution is 0.514. The first-order valence-electron chi connectivity index (χ1n) is 4.98. The van der Waals surface area contributed by atoms with Crippen LogP contribution in [-0.2, 0) is 6.42 Å². The Hall–Kier alpha value is -0.930. The fourth-order valence-electron chi connectivity index (χ4n) is 1.40. The molecule has 0 fully saturated rings. The number of alkyl halides is 1. The highest BCUT2D eigenvalue weighted by Gasteiger charge is 2.05. The molecule has 16 heavy (non-hydrogen) atoms. The van der Waals surface area contributed by atoms with Gasteiger partial charge in [-0.2, -0.15) is 0 Å². The van der Waals surface area contributed by atoms with Gasteiger partial charge in [-0.3, -0.25) is 0 Å². The summed E-state index contributed by atoms with van der Waals surface area (Å²) in [5.41, 5.74) is 1.05. The molecule has 0 bridgehead atoms. The molecule has 0 saturated carbocycles. The van der Waals surface area contributed by atoms with Crippen molar-refractivity contribution in [3.05, 3.63) is 36.4 Å². The van der Waals surface area contributed by atoms with Gasteiger partial charge in [0.15, 0.2) is 11.7 Å². The first-order chi connectivity index (χ1) is 7.83. The zero-order valence-electron chi connectivity index (χ0n) is 8.94. The molecule has 0 aliphatic heterocycles. The molecule has 0 aliphatic carbocycles. The Morgan fingerprint density at radius 1 is 1.31 bits per heavy atom. The van der Waals surface area contributed by atoms with Crippen LogP contribution in [0.3, 0.4) is 0 Å². The largest absolute Gasteiger partial charge is 0.441 e. The summed E-state index contributed by atoms with van der Waals surface area (Å²) in [6, 6.07) is 8.22. The topological polar surface area (TPSA) is 26.0 Å². The maximum absolute atomic E-state index is 5.63. The second-order valence-corrected chi connectivity index (χ2v) is 4.54. The van der Waals surface area contributed by atoms with Crippen LogP contribution in [0.4, 0.5) is 0 Å². The quantitative estimate of drug-likeness (QED) is 0.612. The molecule has 84 valence electrons. The van der Waals surface area contributed by atoms with Crippen molar-refractivity contribution in [3.8, 4) is 11.3 Å². The number of aryl methyl sites for hydroxylation is 1. The maximum atomic E-state index is 5.63. The number of aromatic nitrogens is 1. The summed E-state index contributed by atoms with van der Waals surface area (Å²) in [5, 5.41) is 0.